The van der Waals surface area contributed by atoms with Gasteiger partial charge in [0.1, 0.15) is 0 Å². The number of aromatic amines is 1. The summed E-state index contributed by atoms with van der Waals surface area (Å²) >= 11 is 0. The quantitative estimate of drug-likeness (QED) is 0.898. The molecule has 1 aliphatic rings. The predicted octanol–water partition coefficient (Wildman–Crippen LogP) is 1.72. The predicted molar refractivity (Wildman–Crippen MR) is 79.1 cm³/mol. The first-order chi connectivity index (χ1) is 10.8. The van der Waals surface area contributed by atoms with Crippen LogP contribution in [0, 0.1) is 11.3 Å². The molecule has 0 unspecified atom stereocenters. The number of nitrogens with one attached hydrogen (secondary N) is 2. The van der Waals surface area contributed by atoms with Gasteiger partial charge in [-0.1, -0.05) is 12.1 Å². The molecule has 0 spiro atoms. The molecule has 1 aromatic carbocycles. The lowest BCUT2D eigenvalue weighted by molar-refractivity contribution is 0.0949. The van der Waals surface area contributed by atoms with E-state index in [0.29, 0.717) is 30.9 Å². The fourth-order valence-electron chi connectivity index (χ4n) is 2.58. The van der Waals surface area contributed by atoms with Crippen LogP contribution in [0.3, 0.4) is 0 Å². The Kier molecular flexibility index (Phi) is 4.17. The highest BCUT2D eigenvalue weighted by Gasteiger charge is 2.25. The third-order valence-electron chi connectivity index (χ3n) is 3.76. The van der Waals surface area contributed by atoms with Crippen LogP contribution in [-0.2, 0) is 11.3 Å². The lowest BCUT2D eigenvalue weighted by Crippen LogP contribution is -2.24. The van der Waals surface area contributed by atoms with Crippen molar-refractivity contribution in [3.8, 4) is 6.07 Å². The molecule has 0 saturated carbocycles. The average molecular weight is 296 g/mol. The minimum absolute atomic E-state index is 0.169. The van der Waals surface area contributed by atoms with Gasteiger partial charge in [0.15, 0.2) is 0 Å². The summed E-state index contributed by atoms with van der Waals surface area (Å²) in [4.78, 5) is 12.3. The zero-order chi connectivity index (χ0) is 15.4. The number of nitriles is 1. The molecule has 1 amide bonds. The van der Waals surface area contributed by atoms with E-state index in [-0.39, 0.29) is 11.8 Å². The van der Waals surface area contributed by atoms with Crippen LogP contribution in [0.4, 0.5) is 0 Å². The van der Waals surface area contributed by atoms with Crippen molar-refractivity contribution in [2.75, 3.05) is 13.2 Å². The number of aromatic nitrogens is 2. The standard InChI is InChI=1S/C16H16N4O2/c17-7-11-2-1-3-12(6-11)8-18-16(21)14-9-19-20-15(14)13-4-5-22-10-13/h1-3,6,9,13H,4-5,8,10H2,(H,18,21)(H,19,20)/t13-/m1/s1. The summed E-state index contributed by atoms with van der Waals surface area (Å²) in [7, 11) is 0. The molecular formula is C16H16N4O2. The Morgan fingerprint density at radius 2 is 2.45 bits per heavy atom. The second kappa shape index (κ2) is 6.41. The molecule has 1 saturated heterocycles. The molecule has 2 N–H and O–H groups in total. The third-order valence-corrected chi connectivity index (χ3v) is 3.76. The molecule has 1 aliphatic heterocycles. The number of benzene rings is 1. The van der Waals surface area contributed by atoms with Gasteiger partial charge in [0.05, 0.1) is 35.7 Å². The van der Waals surface area contributed by atoms with Crippen molar-refractivity contribution in [2.24, 2.45) is 0 Å². The number of carbonyl (C=O) groups is 1. The van der Waals surface area contributed by atoms with Gasteiger partial charge in [0.25, 0.3) is 5.91 Å². The second-order valence-corrected chi connectivity index (χ2v) is 5.25. The summed E-state index contributed by atoms with van der Waals surface area (Å²) in [6, 6.07) is 9.27. The molecule has 2 heterocycles. The molecule has 22 heavy (non-hydrogen) atoms. The molecule has 0 bridgehead atoms. The van der Waals surface area contributed by atoms with Crippen molar-refractivity contribution in [3.63, 3.8) is 0 Å². The Labute approximate surface area is 128 Å². The highest BCUT2D eigenvalue weighted by molar-refractivity contribution is 5.95. The average Bonchev–Trinajstić information content (AvgIpc) is 3.23. The Hall–Kier alpha value is -2.65. The van der Waals surface area contributed by atoms with Crippen molar-refractivity contribution in [1.29, 1.82) is 5.26 Å². The summed E-state index contributed by atoms with van der Waals surface area (Å²) < 4.78 is 5.36. The molecule has 1 fully saturated rings. The van der Waals surface area contributed by atoms with Crippen LogP contribution in [-0.4, -0.2) is 29.3 Å². The van der Waals surface area contributed by atoms with E-state index in [2.05, 4.69) is 21.6 Å². The largest absolute Gasteiger partial charge is 0.381 e. The van der Waals surface area contributed by atoms with E-state index < -0.39 is 0 Å². The number of rotatable bonds is 4. The lowest BCUT2D eigenvalue weighted by Gasteiger charge is -2.09. The minimum atomic E-state index is -0.169. The van der Waals surface area contributed by atoms with Crippen molar-refractivity contribution in [2.45, 2.75) is 18.9 Å². The van der Waals surface area contributed by atoms with Crippen LogP contribution in [0.15, 0.2) is 30.5 Å². The molecule has 1 aromatic heterocycles. The Bertz CT molecular complexity index is 711. The lowest BCUT2D eigenvalue weighted by atomic mass is 10.0. The number of hydrogen-bond donors (Lipinski definition) is 2. The smallest absolute Gasteiger partial charge is 0.255 e. The first-order valence-corrected chi connectivity index (χ1v) is 7.16. The molecule has 6 heteroatoms. The van der Waals surface area contributed by atoms with Gasteiger partial charge in [0.2, 0.25) is 0 Å². The summed E-state index contributed by atoms with van der Waals surface area (Å²) in [6.07, 6.45) is 2.45. The van der Waals surface area contributed by atoms with E-state index in [1.54, 1.807) is 24.4 Å². The summed E-state index contributed by atoms with van der Waals surface area (Å²) in [5, 5.41) is 18.6. The molecule has 1 atom stereocenters. The SMILES string of the molecule is N#Cc1cccc(CNC(=O)c2cn[nH]c2[C@@H]2CCOC2)c1. The topological polar surface area (TPSA) is 90.8 Å². The van der Waals surface area contributed by atoms with Gasteiger partial charge < -0.3 is 10.1 Å². The molecule has 2 aromatic rings. The first kappa shape index (κ1) is 14.3. The summed E-state index contributed by atoms with van der Waals surface area (Å²) in [6.45, 7) is 1.71. The van der Waals surface area contributed by atoms with Gasteiger partial charge >= 0.3 is 0 Å². The third kappa shape index (κ3) is 3.00. The molecule has 3 rings (SSSR count). The van der Waals surface area contributed by atoms with E-state index in [4.69, 9.17) is 10.00 Å². The van der Waals surface area contributed by atoms with Crippen molar-refractivity contribution in [1.82, 2.24) is 15.5 Å². The number of carbonyl (C=O) groups excluding carboxylic acids is 1. The summed E-state index contributed by atoms with van der Waals surface area (Å²) in [5.74, 6) is 0.0307. The fourth-order valence-corrected chi connectivity index (χ4v) is 2.58. The molecular weight excluding hydrogens is 280 g/mol. The number of H-pyrrole nitrogens is 1. The number of amides is 1. The summed E-state index contributed by atoms with van der Waals surface area (Å²) in [5.41, 5.74) is 2.87. The monoisotopic (exact) mass is 296 g/mol. The highest BCUT2D eigenvalue weighted by Crippen LogP contribution is 2.26. The zero-order valence-electron chi connectivity index (χ0n) is 12.0. The molecule has 6 nitrogen and oxygen atoms in total. The molecule has 0 radical (unpaired) electrons. The normalized spacial score (nSPS) is 17.1. The fraction of sp³-hybridized carbons (Fsp3) is 0.312. The molecule has 0 aliphatic carbocycles. The molecule has 112 valence electrons. The maximum Gasteiger partial charge on any atom is 0.255 e. The van der Waals surface area contributed by atoms with Gasteiger partial charge in [-0.25, -0.2) is 0 Å². The number of ether oxygens (including phenoxy) is 1. The van der Waals surface area contributed by atoms with E-state index in [9.17, 15) is 4.79 Å². The highest BCUT2D eigenvalue weighted by atomic mass is 16.5. The van der Waals surface area contributed by atoms with Crippen LogP contribution in [0.25, 0.3) is 0 Å². The van der Waals surface area contributed by atoms with Crippen LogP contribution < -0.4 is 5.32 Å². The van der Waals surface area contributed by atoms with Gasteiger partial charge in [-0.2, -0.15) is 10.4 Å². The second-order valence-electron chi connectivity index (χ2n) is 5.25. The van der Waals surface area contributed by atoms with Crippen molar-refractivity contribution >= 4 is 5.91 Å². The van der Waals surface area contributed by atoms with Gasteiger partial charge in [-0.15, -0.1) is 0 Å². The maximum absolute atomic E-state index is 12.3. The van der Waals surface area contributed by atoms with Gasteiger partial charge in [0, 0.05) is 19.1 Å². The van der Waals surface area contributed by atoms with Gasteiger partial charge in [-0.05, 0) is 24.1 Å². The van der Waals surface area contributed by atoms with Crippen LogP contribution in [0.1, 0.15) is 39.5 Å². The Balaban J connectivity index is 1.67. The Morgan fingerprint density at radius 3 is 3.23 bits per heavy atom. The Morgan fingerprint density at radius 1 is 1.55 bits per heavy atom. The number of hydrogen-bond acceptors (Lipinski definition) is 4. The van der Waals surface area contributed by atoms with E-state index >= 15 is 0 Å². The van der Waals surface area contributed by atoms with E-state index in [0.717, 1.165) is 17.7 Å². The minimum Gasteiger partial charge on any atom is -0.381 e. The van der Waals surface area contributed by atoms with E-state index in [1.165, 1.54) is 0 Å². The first-order valence-electron chi connectivity index (χ1n) is 7.16. The number of nitrogens with zero attached hydrogens (tertiary/aromatic N) is 2. The zero-order valence-corrected chi connectivity index (χ0v) is 12.0. The van der Waals surface area contributed by atoms with Crippen LogP contribution in [0.5, 0.6) is 0 Å². The maximum atomic E-state index is 12.3. The van der Waals surface area contributed by atoms with Crippen molar-refractivity contribution in [3.05, 3.63) is 52.8 Å². The van der Waals surface area contributed by atoms with Gasteiger partial charge in [-0.3, -0.25) is 9.89 Å². The van der Waals surface area contributed by atoms with Crippen LogP contribution >= 0.6 is 0 Å². The van der Waals surface area contributed by atoms with E-state index in [1.807, 2.05) is 6.07 Å². The van der Waals surface area contributed by atoms with Crippen LogP contribution in [0.2, 0.25) is 0 Å². The van der Waals surface area contributed by atoms with Crippen molar-refractivity contribution < 1.29 is 9.53 Å².